The molecule has 0 aliphatic rings. The first-order valence-electron chi connectivity index (χ1n) is 6.49. The lowest BCUT2D eigenvalue weighted by atomic mass is 10.2. The second-order valence-electron chi connectivity index (χ2n) is 4.84. The highest BCUT2D eigenvalue weighted by Gasteiger charge is 2.23. The smallest absolute Gasteiger partial charge is 0.243 e. The number of hydrogen-bond acceptors (Lipinski definition) is 3. The molecule has 2 rings (SSSR count). The second-order valence-corrected chi connectivity index (χ2v) is 6.88. The highest BCUT2D eigenvalue weighted by Crippen LogP contribution is 2.22. The first-order valence-corrected chi connectivity index (χ1v) is 7.93. The Morgan fingerprint density at radius 3 is 2.17 bits per heavy atom. The SMILES string of the molecule is COc1ccc(CN(C)S(=O)(=O)c2cc(F)cc(F)c2)cc1F. The molecule has 0 radical (unpaired) electrons. The zero-order valence-electron chi connectivity index (χ0n) is 12.4. The molecule has 0 N–H and O–H groups in total. The molecule has 0 atom stereocenters. The van der Waals surface area contributed by atoms with Crippen molar-refractivity contribution in [3.8, 4) is 5.75 Å². The Hall–Kier alpha value is -2.06. The maximum absolute atomic E-state index is 13.6. The summed E-state index contributed by atoms with van der Waals surface area (Å²) in [5.74, 6) is -2.58. The number of ether oxygens (including phenoxy) is 1. The van der Waals surface area contributed by atoms with Gasteiger partial charge in [0.1, 0.15) is 11.6 Å². The molecule has 0 aliphatic heterocycles. The van der Waals surface area contributed by atoms with Crippen LogP contribution in [0.4, 0.5) is 13.2 Å². The number of sulfonamides is 1. The van der Waals surface area contributed by atoms with Gasteiger partial charge < -0.3 is 4.74 Å². The minimum Gasteiger partial charge on any atom is -0.494 e. The van der Waals surface area contributed by atoms with Crippen molar-refractivity contribution in [2.24, 2.45) is 0 Å². The molecule has 0 saturated heterocycles. The highest BCUT2D eigenvalue weighted by molar-refractivity contribution is 7.89. The van der Waals surface area contributed by atoms with Crippen molar-refractivity contribution in [1.82, 2.24) is 4.31 Å². The molecule has 2 aromatic rings. The van der Waals surface area contributed by atoms with E-state index in [4.69, 9.17) is 4.74 Å². The van der Waals surface area contributed by atoms with Crippen molar-refractivity contribution in [1.29, 1.82) is 0 Å². The van der Waals surface area contributed by atoms with Crippen molar-refractivity contribution in [3.63, 3.8) is 0 Å². The van der Waals surface area contributed by atoms with Crippen molar-refractivity contribution in [2.75, 3.05) is 14.2 Å². The molecule has 0 saturated carbocycles. The molecule has 0 fully saturated rings. The van der Waals surface area contributed by atoms with Crippen LogP contribution in [0.2, 0.25) is 0 Å². The number of benzene rings is 2. The van der Waals surface area contributed by atoms with Gasteiger partial charge in [-0.25, -0.2) is 21.6 Å². The van der Waals surface area contributed by atoms with Gasteiger partial charge in [-0.05, 0) is 29.8 Å². The number of methoxy groups -OCH3 is 1. The summed E-state index contributed by atoms with van der Waals surface area (Å²) >= 11 is 0. The monoisotopic (exact) mass is 345 g/mol. The molecular formula is C15H14F3NO3S. The van der Waals surface area contributed by atoms with Gasteiger partial charge in [0.15, 0.2) is 11.6 Å². The lowest BCUT2D eigenvalue weighted by Crippen LogP contribution is -2.26. The third-order valence-electron chi connectivity index (χ3n) is 3.17. The largest absolute Gasteiger partial charge is 0.494 e. The molecule has 8 heteroatoms. The summed E-state index contributed by atoms with van der Waals surface area (Å²) in [6.45, 7) is -0.165. The van der Waals surface area contributed by atoms with Gasteiger partial charge in [0.25, 0.3) is 0 Å². The highest BCUT2D eigenvalue weighted by atomic mass is 32.2. The minimum atomic E-state index is -4.11. The zero-order valence-corrected chi connectivity index (χ0v) is 13.2. The van der Waals surface area contributed by atoms with Gasteiger partial charge in [0.05, 0.1) is 12.0 Å². The Balaban J connectivity index is 2.28. The third kappa shape index (κ3) is 3.83. The molecule has 0 amide bonds. The van der Waals surface area contributed by atoms with E-state index in [2.05, 4.69) is 0 Å². The molecule has 0 aromatic heterocycles. The van der Waals surface area contributed by atoms with Gasteiger partial charge in [-0.2, -0.15) is 4.31 Å². The molecule has 0 aliphatic carbocycles. The molecule has 124 valence electrons. The van der Waals surface area contributed by atoms with Crippen LogP contribution in [0.1, 0.15) is 5.56 Å². The molecule has 0 unspecified atom stereocenters. The number of rotatable bonds is 5. The van der Waals surface area contributed by atoms with Crippen LogP contribution in [-0.4, -0.2) is 26.9 Å². The summed E-state index contributed by atoms with van der Waals surface area (Å²) in [4.78, 5) is -0.508. The number of hydrogen-bond donors (Lipinski definition) is 0. The topological polar surface area (TPSA) is 46.6 Å². The van der Waals surface area contributed by atoms with E-state index >= 15 is 0 Å². The summed E-state index contributed by atoms with van der Waals surface area (Å²) in [6, 6.07) is 6.04. The standard InChI is InChI=1S/C15H14F3NO3S/c1-19(9-10-3-4-15(22-2)14(18)5-10)23(20,21)13-7-11(16)6-12(17)8-13/h3-8H,9H2,1-2H3. The van der Waals surface area contributed by atoms with E-state index in [0.29, 0.717) is 11.6 Å². The first kappa shape index (κ1) is 17.3. The summed E-state index contributed by atoms with van der Waals surface area (Å²) in [5.41, 5.74) is 0.367. The Labute approximate surface area is 132 Å². The van der Waals surface area contributed by atoms with E-state index in [-0.39, 0.29) is 12.3 Å². The molecule has 0 heterocycles. The normalized spacial score (nSPS) is 11.7. The van der Waals surface area contributed by atoms with Gasteiger partial charge >= 0.3 is 0 Å². The van der Waals surface area contributed by atoms with Crippen LogP contribution in [0.25, 0.3) is 0 Å². The van der Waals surface area contributed by atoms with Gasteiger partial charge in [-0.15, -0.1) is 0 Å². The molecule has 0 spiro atoms. The van der Waals surface area contributed by atoms with Crippen LogP contribution in [0.15, 0.2) is 41.3 Å². The lowest BCUT2D eigenvalue weighted by Gasteiger charge is -2.17. The van der Waals surface area contributed by atoms with Crippen LogP contribution in [0.5, 0.6) is 5.75 Å². The van der Waals surface area contributed by atoms with Crippen LogP contribution in [-0.2, 0) is 16.6 Å². The van der Waals surface area contributed by atoms with Crippen molar-refractivity contribution in [2.45, 2.75) is 11.4 Å². The van der Waals surface area contributed by atoms with E-state index in [1.807, 2.05) is 0 Å². The van der Waals surface area contributed by atoms with Gasteiger partial charge in [0.2, 0.25) is 10.0 Å². The second kappa shape index (κ2) is 6.59. The molecule has 2 aromatic carbocycles. The maximum atomic E-state index is 13.6. The predicted octanol–water partition coefficient (Wildman–Crippen LogP) is 2.93. The Morgan fingerprint density at radius 2 is 1.65 bits per heavy atom. The molecule has 4 nitrogen and oxygen atoms in total. The summed E-state index contributed by atoms with van der Waals surface area (Å²) in [7, 11) is -1.56. The van der Waals surface area contributed by atoms with Gasteiger partial charge in [0, 0.05) is 19.7 Å². The summed E-state index contributed by atoms with van der Waals surface area (Å²) < 4.78 is 70.3. The Bertz CT molecular complexity index is 804. The summed E-state index contributed by atoms with van der Waals surface area (Å²) in [5, 5.41) is 0. The van der Waals surface area contributed by atoms with Crippen molar-refractivity contribution in [3.05, 3.63) is 59.4 Å². The van der Waals surface area contributed by atoms with Crippen LogP contribution >= 0.6 is 0 Å². The van der Waals surface area contributed by atoms with Gasteiger partial charge in [-0.1, -0.05) is 6.07 Å². The van der Waals surface area contributed by atoms with Crippen LogP contribution < -0.4 is 4.74 Å². The average molecular weight is 345 g/mol. The van der Waals surface area contributed by atoms with Crippen LogP contribution in [0.3, 0.4) is 0 Å². The first-order chi connectivity index (χ1) is 10.7. The minimum absolute atomic E-state index is 0.0338. The molecule has 0 bridgehead atoms. The van der Waals surface area contributed by atoms with Crippen molar-refractivity contribution < 1.29 is 26.3 Å². The van der Waals surface area contributed by atoms with Crippen LogP contribution in [0, 0.1) is 17.5 Å². The van der Waals surface area contributed by atoms with E-state index in [1.165, 1.54) is 26.3 Å². The number of halogens is 3. The fourth-order valence-electron chi connectivity index (χ4n) is 2.01. The van der Waals surface area contributed by atoms with E-state index in [1.54, 1.807) is 0 Å². The van der Waals surface area contributed by atoms with Crippen molar-refractivity contribution >= 4 is 10.0 Å². The predicted molar refractivity (Wildman–Crippen MR) is 78.0 cm³/mol. The average Bonchev–Trinajstić information content (AvgIpc) is 2.46. The van der Waals surface area contributed by atoms with E-state index in [9.17, 15) is 21.6 Å². The molecular weight excluding hydrogens is 331 g/mol. The molecule has 23 heavy (non-hydrogen) atoms. The zero-order chi connectivity index (χ0) is 17.2. The third-order valence-corrected chi connectivity index (χ3v) is 4.95. The van der Waals surface area contributed by atoms with Gasteiger partial charge in [-0.3, -0.25) is 0 Å². The summed E-state index contributed by atoms with van der Waals surface area (Å²) in [6.07, 6.45) is 0. The van der Waals surface area contributed by atoms with E-state index < -0.39 is 32.4 Å². The quantitative estimate of drug-likeness (QED) is 0.837. The fraction of sp³-hybridized carbons (Fsp3) is 0.200. The number of nitrogens with zero attached hydrogens (tertiary/aromatic N) is 1. The van der Waals surface area contributed by atoms with E-state index in [0.717, 1.165) is 22.5 Å². The Morgan fingerprint density at radius 1 is 1.04 bits per heavy atom. The maximum Gasteiger partial charge on any atom is 0.243 e. The lowest BCUT2D eigenvalue weighted by molar-refractivity contribution is 0.385. The Kier molecular flexibility index (Phi) is 4.96. The fourth-order valence-corrected chi connectivity index (χ4v) is 3.21.